The molecule has 2 aromatic rings. The second kappa shape index (κ2) is 7.33. The zero-order chi connectivity index (χ0) is 18.7. The molecule has 0 spiro atoms. The lowest BCUT2D eigenvalue weighted by atomic mass is 10.1. The smallest absolute Gasteiger partial charge is 0.266 e. The summed E-state index contributed by atoms with van der Waals surface area (Å²) < 4.78 is 29.0. The van der Waals surface area contributed by atoms with Gasteiger partial charge in [0.2, 0.25) is 12.5 Å². The lowest BCUT2D eigenvalue weighted by molar-refractivity contribution is -0.112. The van der Waals surface area contributed by atoms with Crippen LogP contribution in [0.25, 0.3) is 6.08 Å². The highest BCUT2D eigenvalue weighted by Crippen LogP contribution is 2.42. The van der Waals surface area contributed by atoms with Crippen molar-refractivity contribution in [2.45, 2.75) is 0 Å². The molecule has 0 aromatic heterocycles. The monoisotopic (exact) mass is 374 g/mol. The Labute approximate surface area is 153 Å². The first-order valence-electron chi connectivity index (χ1n) is 7.37. The molecule has 6 nitrogen and oxygen atoms in total. The largest absolute Gasteiger partial charge is 0.493 e. The van der Waals surface area contributed by atoms with E-state index in [9.17, 15) is 14.4 Å². The summed E-state index contributed by atoms with van der Waals surface area (Å²) in [6.45, 7) is 0.0653. The number of hydrogen-bond acceptors (Lipinski definition) is 5. The Kier molecular flexibility index (Phi) is 4.96. The third-order valence-corrected chi connectivity index (χ3v) is 3.82. The summed E-state index contributed by atoms with van der Waals surface area (Å²) in [5.74, 6) is 0.0846. The molecule has 1 aliphatic rings. The molecule has 0 fully saturated rings. The number of nitrogens with zero attached hydrogens (tertiary/aromatic N) is 1. The molecule has 0 saturated heterocycles. The molecule has 0 radical (unpaired) electrons. The van der Waals surface area contributed by atoms with Crippen molar-refractivity contribution in [1.29, 1.82) is 5.26 Å². The third-order valence-electron chi connectivity index (χ3n) is 3.53. The molecule has 26 heavy (non-hydrogen) atoms. The number of ether oxygens (including phenoxy) is 3. The van der Waals surface area contributed by atoms with Crippen molar-refractivity contribution < 1.29 is 23.4 Å². The van der Waals surface area contributed by atoms with Crippen LogP contribution in [0.1, 0.15) is 5.56 Å². The number of carbonyl (C=O) groups excluding carboxylic acids is 1. The van der Waals surface area contributed by atoms with Gasteiger partial charge < -0.3 is 19.5 Å². The van der Waals surface area contributed by atoms with Gasteiger partial charge in [-0.1, -0.05) is 11.6 Å². The summed E-state index contributed by atoms with van der Waals surface area (Å²) in [7, 11) is 1.47. The van der Waals surface area contributed by atoms with Gasteiger partial charge in [-0.05, 0) is 42.0 Å². The van der Waals surface area contributed by atoms with Crippen LogP contribution in [0.15, 0.2) is 35.9 Å². The van der Waals surface area contributed by atoms with Gasteiger partial charge >= 0.3 is 0 Å². The van der Waals surface area contributed by atoms with Crippen molar-refractivity contribution in [1.82, 2.24) is 0 Å². The van der Waals surface area contributed by atoms with E-state index in [1.807, 2.05) is 6.07 Å². The van der Waals surface area contributed by atoms with E-state index in [-0.39, 0.29) is 23.1 Å². The highest BCUT2D eigenvalue weighted by molar-refractivity contribution is 6.31. The molecule has 0 saturated carbocycles. The van der Waals surface area contributed by atoms with Crippen LogP contribution in [0.4, 0.5) is 10.1 Å². The summed E-state index contributed by atoms with van der Waals surface area (Å²) in [5, 5.41) is 11.7. The first kappa shape index (κ1) is 17.6. The average Bonchev–Trinajstić information content (AvgIpc) is 3.10. The standard InChI is InChI=1S/C18H12ClFN2O4/c1-24-15-5-10(6-16-17(15)26-9-25-16)4-11(8-21)18(23)22-12-2-3-14(20)13(19)7-12/h2-7H,9H2,1H3,(H,22,23)/b11-4+. The van der Waals surface area contributed by atoms with Gasteiger partial charge in [-0.3, -0.25) is 4.79 Å². The van der Waals surface area contributed by atoms with Crippen LogP contribution < -0.4 is 19.5 Å². The molecule has 0 bridgehead atoms. The summed E-state index contributed by atoms with van der Waals surface area (Å²) >= 11 is 5.68. The molecule has 3 rings (SSSR count). The minimum Gasteiger partial charge on any atom is -0.493 e. The number of methoxy groups -OCH3 is 1. The van der Waals surface area contributed by atoms with Crippen LogP contribution in [-0.4, -0.2) is 19.8 Å². The maximum atomic E-state index is 13.2. The van der Waals surface area contributed by atoms with Crippen molar-refractivity contribution in [2.24, 2.45) is 0 Å². The van der Waals surface area contributed by atoms with Gasteiger partial charge in [-0.15, -0.1) is 0 Å². The number of rotatable bonds is 4. The topological polar surface area (TPSA) is 80.6 Å². The summed E-state index contributed by atoms with van der Waals surface area (Å²) in [6, 6.07) is 8.80. The third kappa shape index (κ3) is 3.55. The number of hydrogen-bond donors (Lipinski definition) is 1. The number of benzene rings is 2. The molecule has 0 atom stereocenters. The van der Waals surface area contributed by atoms with E-state index in [0.717, 1.165) is 6.07 Å². The lowest BCUT2D eigenvalue weighted by Crippen LogP contribution is -2.13. The number of fused-ring (bicyclic) bond motifs is 1. The molecule has 0 unspecified atom stereocenters. The lowest BCUT2D eigenvalue weighted by Gasteiger charge is -2.07. The molecule has 1 amide bonds. The molecular weight excluding hydrogens is 363 g/mol. The Balaban J connectivity index is 1.87. The second-order valence-corrected chi connectivity index (χ2v) is 5.62. The Morgan fingerprint density at radius 3 is 2.88 bits per heavy atom. The number of halogens is 2. The van der Waals surface area contributed by atoms with E-state index < -0.39 is 11.7 Å². The summed E-state index contributed by atoms with van der Waals surface area (Å²) in [4.78, 5) is 12.3. The highest BCUT2D eigenvalue weighted by atomic mass is 35.5. The van der Waals surface area contributed by atoms with E-state index in [1.165, 1.54) is 25.3 Å². The van der Waals surface area contributed by atoms with Crippen molar-refractivity contribution in [3.63, 3.8) is 0 Å². The van der Waals surface area contributed by atoms with E-state index in [0.29, 0.717) is 22.8 Å². The fourth-order valence-corrected chi connectivity index (χ4v) is 2.50. The van der Waals surface area contributed by atoms with Crippen molar-refractivity contribution in [2.75, 3.05) is 19.2 Å². The van der Waals surface area contributed by atoms with Gasteiger partial charge in [0.25, 0.3) is 5.91 Å². The van der Waals surface area contributed by atoms with Crippen LogP contribution >= 0.6 is 11.6 Å². The zero-order valence-electron chi connectivity index (χ0n) is 13.5. The molecule has 8 heteroatoms. The number of amides is 1. The number of nitrogens with one attached hydrogen (secondary N) is 1. The predicted molar refractivity (Wildman–Crippen MR) is 92.7 cm³/mol. The molecule has 1 heterocycles. The van der Waals surface area contributed by atoms with Gasteiger partial charge in [0.1, 0.15) is 17.5 Å². The molecule has 1 aliphatic heterocycles. The summed E-state index contributed by atoms with van der Waals surface area (Å²) in [5.41, 5.74) is 0.632. The Hall–Kier alpha value is -3.24. The SMILES string of the molecule is COc1cc(/C=C(\C#N)C(=O)Nc2ccc(F)c(Cl)c2)cc2c1OCO2. The van der Waals surface area contributed by atoms with Gasteiger partial charge in [-0.25, -0.2) is 4.39 Å². The van der Waals surface area contributed by atoms with Gasteiger partial charge in [-0.2, -0.15) is 5.26 Å². The van der Waals surface area contributed by atoms with Crippen molar-refractivity contribution in [3.05, 3.63) is 52.3 Å². The minimum absolute atomic E-state index is 0.0653. The minimum atomic E-state index is -0.660. The Morgan fingerprint density at radius 1 is 1.38 bits per heavy atom. The molecule has 0 aliphatic carbocycles. The van der Waals surface area contributed by atoms with Crippen LogP contribution in [0.3, 0.4) is 0 Å². The normalized spacial score (nSPS) is 12.5. The molecule has 132 valence electrons. The second-order valence-electron chi connectivity index (χ2n) is 5.21. The maximum absolute atomic E-state index is 13.2. The van der Waals surface area contributed by atoms with Gasteiger partial charge in [0, 0.05) is 5.69 Å². The predicted octanol–water partition coefficient (Wildman–Crippen LogP) is 3.76. The highest BCUT2D eigenvalue weighted by Gasteiger charge is 2.20. The zero-order valence-corrected chi connectivity index (χ0v) is 14.3. The van der Waals surface area contributed by atoms with E-state index in [2.05, 4.69) is 5.32 Å². The van der Waals surface area contributed by atoms with Crippen LogP contribution in [0, 0.1) is 17.1 Å². The maximum Gasteiger partial charge on any atom is 0.266 e. The van der Waals surface area contributed by atoms with E-state index in [1.54, 1.807) is 12.1 Å². The summed E-state index contributed by atoms with van der Waals surface area (Å²) in [6.07, 6.45) is 1.38. The average molecular weight is 375 g/mol. The molecule has 2 aromatic carbocycles. The fraction of sp³-hybridized carbons (Fsp3) is 0.111. The quantitative estimate of drug-likeness (QED) is 0.651. The van der Waals surface area contributed by atoms with Crippen LogP contribution in [0.5, 0.6) is 17.2 Å². The number of carbonyl (C=O) groups is 1. The Bertz CT molecular complexity index is 953. The van der Waals surface area contributed by atoms with Crippen molar-refractivity contribution in [3.8, 4) is 23.3 Å². The van der Waals surface area contributed by atoms with Crippen LogP contribution in [0.2, 0.25) is 5.02 Å². The van der Waals surface area contributed by atoms with Gasteiger partial charge in [0.15, 0.2) is 11.5 Å². The first-order chi connectivity index (χ1) is 12.5. The van der Waals surface area contributed by atoms with E-state index >= 15 is 0 Å². The fourth-order valence-electron chi connectivity index (χ4n) is 2.32. The Morgan fingerprint density at radius 2 is 2.19 bits per heavy atom. The first-order valence-corrected chi connectivity index (χ1v) is 7.75. The molecule has 1 N–H and O–H groups in total. The molecular formula is C18H12ClFN2O4. The van der Waals surface area contributed by atoms with E-state index in [4.69, 9.17) is 25.8 Å². The number of nitriles is 1. The van der Waals surface area contributed by atoms with Crippen molar-refractivity contribution >= 4 is 29.3 Å². The van der Waals surface area contributed by atoms with Crippen LogP contribution in [-0.2, 0) is 4.79 Å². The van der Waals surface area contributed by atoms with Gasteiger partial charge in [0.05, 0.1) is 12.1 Å². The number of anilines is 1.